The van der Waals surface area contributed by atoms with Crippen molar-refractivity contribution in [2.75, 3.05) is 26.2 Å². The maximum absolute atomic E-state index is 5.81. The lowest BCUT2D eigenvalue weighted by molar-refractivity contribution is -0.0301. The largest absolute Gasteiger partial charge is 0.374 e. The second-order valence-electron chi connectivity index (χ2n) is 5.21. The van der Waals surface area contributed by atoms with Crippen LogP contribution >= 0.6 is 0 Å². The Kier molecular flexibility index (Phi) is 3.88. The number of nitrogens with zero attached hydrogens (tertiary/aromatic N) is 2. The van der Waals surface area contributed by atoms with Gasteiger partial charge in [-0.25, -0.2) is 0 Å². The Morgan fingerprint density at radius 3 is 2.94 bits per heavy atom. The predicted molar refractivity (Wildman–Crippen MR) is 70.3 cm³/mol. The average Bonchev–Trinajstić information content (AvgIpc) is 3.25. The van der Waals surface area contributed by atoms with Crippen LogP contribution in [0.4, 0.5) is 0 Å². The van der Waals surface area contributed by atoms with E-state index >= 15 is 0 Å². The molecule has 2 heterocycles. The molecular weight excluding hydrogens is 226 g/mol. The molecule has 0 spiro atoms. The Morgan fingerprint density at radius 1 is 1.33 bits per heavy atom. The van der Waals surface area contributed by atoms with Gasteiger partial charge in [0.15, 0.2) is 0 Å². The van der Waals surface area contributed by atoms with Gasteiger partial charge >= 0.3 is 0 Å². The molecule has 0 unspecified atom stereocenters. The van der Waals surface area contributed by atoms with Crippen LogP contribution in [0.2, 0.25) is 0 Å². The van der Waals surface area contributed by atoms with E-state index in [9.17, 15) is 0 Å². The van der Waals surface area contributed by atoms with E-state index in [1.54, 1.807) is 0 Å². The third-order valence-electron chi connectivity index (χ3n) is 3.68. The molecule has 2 fully saturated rings. The van der Waals surface area contributed by atoms with E-state index in [1.807, 2.05) is 24.5 Å². The number of rotatable bonds is 5. The molecule has 1 saturated carbocycles. The number of hydrogen-bond donors (Lipinski definition) is 1. The monoisotopic (exact) mass is 247 g/mol. The minimum absolute atomic E-state index is 0.348. The van der Waals surface area contributed by atoms with Crippen molar-refractivity contribution in [3.8, 4) is 0 Å². The lowest BCUT2D eigenvalue weighted by atomic mass is 10.2. The lowest BCUT2D eigenvalue weighted by Crippen LogP contribution is -2.47. The van der Waals surface area contributed by atoms with Crippen molar-refractivity contribution in [3.05, 3.63) is 30.1 Å². The predicted octanol–water partition coefficient (Wildman–Crippen LogP) is 1.03. The molecule has 1 atom stereocenters. The molecule has 1 saturated heterocycles. The summed E-state index contributed by atoms with van der Waals surface area (Å²) in [6, 6.07) is 4.95. The second-order valence-corrected chi connectivity index (χ2v) is 5.21. The van der Waals surface area contributed by atoms with Gasteiger partial charge in [-0.05, 0) is 30.5 Å². The van der Waals surface area contributed by atoms with Gasteiger partial charge in [-0.1, -0.05) is 0 Å². The van der Waals surface area contributed by atoms with Crippen LogP contribution < -0.4 is 5.32 Å². The van der Waals surface area contributed by atoms with Gasteiger partial charge in [-0.3, -0.25) is 9.88 Å². The van der Waals surface area contributed by atoms with Crippen molar-refractivity contribution in [1.29, 1.82) is 0 Å². The van der Waals surface area contributed by atoms with E-state index in [1.165, 1.54) is 18.4 Å². The van der Waals surface area contributed by atoms with Crippen molar-refractivity contribution >= 4 is 0 Å². The molecule has 1 aliphatic heterocycles. The van der Waals surface area contributed by atoms with Crippen molar-refractivity contribution < 1.29 is 4.74 Å². The highest BCUT2D eigenvalue weighted by atomic mass is 16.5. The fourth-order valence-corrected chi connectivity index (χ4v) is 2.52. The normalized spacial score (nSPS) is 25.2. The van der Waals surface area contributed by atoms with E-state index in [2.05, 4.69) is 15.2 Å². The molecule has 1 aromatic rings. The van der Waals surface area contributed by atoms with Crippen LogP contribution in [0.25, 0.3) is 0 Å². The molecule has 0 radical (unpaired) electrons. The molecule has 1 N–H and O–H groups in total. The molecule has 98 valence electrons. The van der Waals surface area contributed by atoms with Crippen LogP contribution in [0, 0.1) is 0 Å². The number of nitrogens with one attached hydrogen (secondary N) is 1. The summed E-state index contributed by atoms with van der Waals surface area (Å²) in [5.41, 5.74) is 1.28. The Morgan fingerprint density at radius 2 is 2.17 bits per heavy atom. The topological polar surface area (TPSA) is 37.4 Å². The van der Waals surface area contributed by atoms with Crippen molar-refractivity contribution in [3.63, 3.8) is 0 Å². The summed E-state index contributed by atoms with van der Waals surface area (Å²) in [7, 11) is 0. The van der Waals surface area contributed by atoms with Gasteiger partial charge in [0.1, 0.15) is 0 Å². The number of morpholine rings is 1. The Bertz CT molecular complexity index is 367. The molecule has 0 bridgehead atoms. The van der Waals surface area contributed by atoms with Crippen LogP contribution in [0.15, 0.2) is 24.5 Å². The van der Waals surface area contributed by atoms with Crippen molar-refractivity contribution in [1.82, 2.24) is 15.2 Å². The Balaban J connectivity index is 1.40. The maximum atomic E-state index is 5.81. The van der Waals surface area contributed by atoms with Gasteiger partial charge in [0.25, 0.3) is 0 Å². The van der Waals surface area contributed by atoms with Gasteiger partial charge < -0.3 is 10.1 Å². The van der Waals surface area contributed by atoms with Crippen molar-refractivity contribution in [2.24, 2.45) is 0 Å². The number of aromatic nitrogens is 1. The maximum Gasteiger partial charge on any atom is 0.0826 e. The van der Waals surface area contributed by atoms with Crippen LogP contribution in [-0.4, -0.2) is 48.3 Å². The van der Waals surface area contributed by atoms with Gasteiger partial charge in [0.05, 0.1) is 12.7 Å². The van der Waals surface area contributed by atoms with Crippen molar-refractivity contribution in [2.45, 2.75) is 31.5 Å². The van der Waals surface area contributed by atoms with E-state index in [0.717, 1.165) is 38.8 Å². The first-order chi connectivity index (χ1) is 8.92. The van der Waals surface area contributed by atoms with E-state index in [-0.39, 0.29) is 0 Å². The molecule has 0 amide bonds. The standard InChI is InChI=1S/C14H21N3O/c1-2-13(1)17-7-8-18-14(11-17)10-16-9-12-3-5-15-6-4-12/h3-6,13-14,16H,1-2,7-11H2/t14-/m1/s1. The smallest absolute Gasteiger partial charge is 0.0826 e. The summed E-state index contributed by atoms with van der Waals surface area (Å²) in [5, 5.41) is 3.47. The highest BCUT2D eigenvalue weighted by Gasteiger charge is 2.32. The molecule has 1 aliphatic carbocycles. The van der Waals surface area contributed by atoms with E-state index in [4.69, 9.17) is 4.74 Å². The summed E-state index contributed by atoms with van der Waals surface area (Å²) in [6.07, 6.45) is 6.79. The Hall–Kier alpha value is -0.970. The zero-order chi connectivity index (χ0) is 12.2. The first kappa shape index (κ1) is 12.1. The first-order valence-corrected chi connectivity index (χ1v) is 6.87. The highest BCUT2D eigenvalue weighted by molar-refractivity contribution is 5.09. The number of pyridine rings is 1. The summed E-state index contributed by atoms with van der Waals surface area (Å²) < 4.78 is 5.81. The zero-order valence-corrected chi connectivity index (χ0v) is 10.7. The summed E-state index contributed by atoms with van der Waals surface area (Å²) >= 11 is 0. The lowest BCUT2D eigenvalue weighted by Gasteiger charge is -2.33. The molecule has 2 aliphatic rings. The minimum atomic E-state index is 0.348. The quantitative estimate of drug-likeness (QED) is 0.843. The fraction of sp³-hybridized carbons (Fsp3) is 0.643. The molecule has 4 nitrogen and oxygen atoms in total. The van der Waals surface area contributed by atoms with Crippen LogP contribution in [-0.2, 0) is 11.3 Å². The fourth-order valence-electron chi connectivity index (χ4n) is 2.52. The van der Waals surface area contributed by atoms with Crippen LogP contribution in [0.5, 0.6) is 0 Å². The molecule has 4 heteroatoms. The van der Waals surface area contributed by atoms with Gasteiger partial charge in [0.2, 0.25) is 0 Å². The first-order valence-electron chi connectivity index (χ1n) is 6.87. The number of ether oxygens (including phenoxy) is 1. The molecule has 1 aromatic heterocycles. The average molecular weight is 247 g/mol. The second kappa shape index (κ2) is 5.78. The molecule has 18 heavy (non-hydrogen) atoms. The van der Waals surface area contributed by atoms with E-state index in [0.29, 0.717) is 6.10 Å². The van der Waals surface area contributed by atoms with Gasteiger partial charge in [-0.15, -0.1) is 0 Å². The summed E-state index contributed by atoms with van der Waals surface area (Å²) in [6.45, 7) is 4.93. The molecule has 0 aromatic carbocycles. The third kappa shape index (κ3) is 3.28. The number of hydrogen-bond acceptors (Lipinski definition) is 4. The minimum Gasteiger partial charge on any atom is -0.374 e. The van der Waals surface area contributed by atoms with Crippen LogP contribution in [0.1, 0.15) is 18.4 Å². The molecule has 3 rings (SSSR count). The van der Waals surface area contributed by atoms with E-state index < -0.39 is 0 Å². The zero-order valence-electron chi connectivity index (χ0n) is 10.7. The van der Waals surface area contributed by atoms with Gasteiger partial charge in [0, 0.05) is 44.6 Å². The highest BCUT2D eigenvalue weighted by Crippen LogP contribution is 2.28. The van der Waals surface area contributed by atoms with Gasteiger partial charge in [-0.2, -0.15) is 0 Å². The Labute approximate surface area is 108 Å². The molecular formula is C14H21N3O. The third-order valence-corrected chi connectivity index (χ3v) is 3.68. The SMILES string of the molecule is c1cc(CNC[C@@H]2CN(C3CC3)CCO2)ccn1. The summed E-state index contributed by atoms with van der Waals surface area (Å²) in [5.74, 6) is 0. The van der Waals surface area contributed by atoms with Crippen LogP contribution in [0.3, 0.4) is 0 Å². The summed E-state index contributed by atoms with van der Waals surface area (Å²) in [4.78, 5) is 6.61.